The standard InChI is InChI=1S/C22H20N2O2.C2H6/c1-15-3-7-19(8-4-15)20-9-18(14-25)10-21(11-20)22(26)24-13-17-6-5-16(2)23-12-17;1-2/h3-12,14H,13H2,1-2H3,(H,24,26);1-2H3. The van der Waals surface area contributed by atoms with Crippen molar-refractivity contribution in [2.24, 2.45) is 0 Å². The second-order valence-corrected chi connectivity index (χ2v) is 6.32. The molecule has 0 aliphatic carbocycles. The van der Waals surface area contributed by atoms with Gasteiger partial charge in [-0.2, -0.15) is 0 Å². The molecular weight excluding hydrogens is 348 g/mol. The molecule has 1 heterocycles. The van der Waals surface area contributed by atoms with E-state index in [9.17, 15) is 9.59 Å². The molecule has 0 radical (unpaired) electrons. The van der Waals surface area contributed by atoms with Crippen LogP contribution in [0, 0.1) is 13.8 Å². The van der Waals surface area contributed by atoms with Crippen molar-refractivity contribution >= 4 is 12.2 Å². The summed E-state index contributed by atoms with van der Waals surface area (Å²) in [7, 11) is 0. The normalized spacial score (nSPS) is 9.86. The molecule has 1 aromatic heterocycles. The number of pyridine rings is 1. The maximum Gasteiger partial charge on any atom is 0.251 e. The molecule has 2 aromatic carbocycles. The van der Waals surface area contributed by atoms with Gasteiger partial charge in [-0.05, 0) is 54.8 Å². The average molecular weight is 374 g/mol. The van der Waals surface area contributed by atoms with E-state index in [1.54, 1.807) is 24.4 Å². The van der Waals surface area contributed by atoms with Gasteiger partial charge in [-0.15, -0.1) is 0 Å². The number of aldehydes is 1. The van der Waals surface area contributed by atoms with Gasteiger partial charge in [-0.25, -0.2) is 0 Å². The Labute approximate surface area is 166 Å². The highest BCUT2D eigenvalue weighted by atomic mass is 16.1. The SMILES string of the molecule is CC.Cc1ccc(-c2cc(C=O)cc(C(=O)NCc3ccc(C)nc3)c2)cc1. The van der Waals surface area contributed by atoms with Gasteiger partial charge in [-0.3, -0.25) is 14.6 Å². The number of amides is 1. The number of hydrogen-bond donors (Lipinski definition) is 1. The minimum atomic E-state index is -0.220. The molecular formula is C24H26N2O2. The van der Waals surface area contributed by atoms with Crippen LogP contribution >= 0.6 is 0 Å². The Bertz CT molecular complexity index is 930. The van der Waals surface area contributed by atoms with Crippen LogP contribution in [0.15, 0.2) is 60.8 Å². The van der Waals surface area contributed by atoms with Crippen molar-refractivity contribution in [3.8, 4) is 11.1 Å². The highest BCUT2D eigenvalue weighted by Crippen LogP contribution is 2.22. The Morgan fingerprint density at radius 2 is 1.68 bits per heavy atom. The molecule has 4 nitrogen and oxygen atoms in total. The molecule has 0 fully saturated rings. The molecule has 0 saturated heterocycles. The first-order chi connectivity index (χ1) is 13.5. The Kier molecular flexibility index (Phi) is 7.64. The molecule has 0 atom stereocenters. The van der Waals surface area contributed by atoms with E-state index >= 15 is 0 Å². The van der Waals surface area contributed by atoms with Gasteiger partial charge >= 0.3 is 0 Å². The molecule has 4 heteroatoms. The first kappa shape index (κ1) is 21.0. The lowest BCUT2D eigenvalue weighted by atomic mass is 9.99. The Balaban J connectivity index is 0.00000136. The minimum absolute atomic E-state index is 0.220. The van der Waals surface area contributed by atoms with E-state index in [0.717, 1.165) is 34.2 Å². The second-order valence-electron chi connectivity index (χ2n) is 6.32. The molecule has 1 N–H and O–H groups in total. The molecule has 0 spiro atoms. The zero-order chi connectivity index (χ0) is 20.5. The fourth-order valence-electron chi connectivity index (χ4n) is 2.65. The Hall–Kier alpha value is -3.27. The first-order valence-electron chi connectivity index (χ1n) is 9.42. The number of benzene rings is 2. The van der Waals surface area contributed by atoms with E-state index in [0.29, 0.717) is 17.7 Å². The topological polar surface area (TPSA) is 59.1 Å². The molecule has 0 aliphatic rings. The number of aryl methyl sites for hydroxylation is 2. The quantitative estimate of drug-likeness (QED) is 0.630. The van der Waals surface area contributed by atoms with Gasteiger partial charge in [0.15, 0.2) is 0 Å². The Morgan fingerprint density at radius 1 is 0.964 bits per heavy atom. The van der Waals surface area contributed by atoms with Gasteiger partial charge in [0.05, 0.1) is 0 Å². The lowest BCUT2D eigenvalue weighted by molar-refractivity contribution is 0.0951. The summed E-state index contributed by atoms with van der Waals surface area (Å²) in [6.07, 6.45) is 2.51. The van der Waals surface area contributed by atoms with Crippen molar-refractivity contribution in [2.75, 3.05) is 0 Å². The summed E-state index contributed by atoms with van der Waals surface area (Å²) in [4.78, 5) is 28.1. The minimum Gasteiger partial charge on any atom is -0.348 e. The molecule has 0 aliphatic heterocycles. The third-order valence-electron chi connectivity index (χ3n) is 4.16. The molecule has 28 heavy (non-hydrogen) atoms. The second kappa shape index (κ2) is 10.2. The molecule has 144 valence electrons. The molecule has 0 unspecified atom stereocenters. The smallest absolute Gasteiger partial charge is 0.251 e. The van der Waals surface area contributed by atoms with Crippen LogP contribution in [-0.2, 0) is 6.54 Å². The van der Waals surface area contributed by atoms with Crippen LogP contribution in [0.2, 0.25) is 0 Å². The molecule has 0 saturated carbocycles. The maximum atomic E-state index is 12.5. The highest BCUT2D eigenvalue weighted by Gasteiger charge is 2.10. The number of aromatic nitrogens is 1. The molecule has 0 bridgehead atoms. The van der Waals surface area contributed by atoms with E-state index < -0.39 is 0 Å². The van der Waals surface area contributed by atoms with Gasteiger partial charge in [-0.1, -0.05) is 49.7 Å². The number of carbonyl (C=O) groups excluding carboxylic acids is 2. The summed E-state index contributed by atoms with van der Waals surface area (Å²) in [5.41, 5.74) is 5.77. The van der Waals surface area contributed by atoms with Crippen LogP contribution in [0.5, 0.6) is 0 Å². The first-order valence-corrected chi connectivity index (χ1v) is 9.42. The number of nitrogens with one attached hydrogen (secondary N) is 1. The highest BCUT2D eigenvalue weighted by molar-refractivity contribution is 5.97. The lowest BCUT2D eigenvalue weighted by Gasteiger charge is -2.09. The molecule has 3 rings (SSSR count). The lowest BCUT2D eigenvalue weighted by Crippen LogP contribution is -2.23. The predicted octanol–water partition coefficient (Wildman–Crippen LogP) is 5.13. The van der Waals surface area contributed by atoms with Crippen molar-refractivity contribution in [1.82, 2.24) is 10.3 Å². The van der Waals surface area contributed by atoms with Gasteiger partial charge < -0.3 is 5.32 Å². The van der Waals surface area contributed by atoms with E-state index in [4.69, 9.17) is 0 Å². The summed E-state index contributed by atoms with van der Waals surface area (Å²) in [6.45, 7) is 8.32. The fourth-order valence-corrected chi connectivity index (χ4v) is 2.65. The van der Waals surface area contributed by atoms with Crippen molar-refractivity contribution in [2.45, 2.75) is 34.2 Å². The van der Waals surface area contributed by atoms with E-state index in [1.807, 2.05) is 64.1 Å². The monoisotopic (exact) mass is 374 g/mol. The number of hydrogen-bond acceptors (Lipinski definition) is 3. The maximum absolute atomic E-state index is 12.5. The van der Waals surface area contributed by atoms with Crippen molar-refractivity contribution < 1.29 is 9.59 Å². The van der Waals surface area contributed by atoms with Crippen LogP contribution in [0.3, 0.4) is 0 Å². The van der Waals surface area contributed by atoms with Gasteiger partial charge in [0.25, 0.3) is 5.91 Å². The molecule has 3 aromatic rings. The zero-order valence-corrected chi connectivity index (χ0v) is 16.8. The Morgan fingerprint density at radius 3 is 2.29 bits per heavy atom. The molecule has 1 amide bonds. The van der Waals surface area contributed by atoms with Crippen LogP contribution in [-0.4, -0.2) is 17.2 Å². The zero-order valence-electron chi connectivity index (χ0n) is 16.8. The summed E-state index contributed by atoms with van der Waals surface area (Å²) >= 11 is 0. The third-order valence-corrected chi connectivity index (χ3v) is 4.16. The van der Waals surface area contributed by atoms with Crippen molar-refractivity contribution in [3.05, 3.63) is 88.7 Å². The summed E-state index contributed by atoms with van der Waals surface area (Å²) < 4.78 is 0. The third kappa shape index (κ3) is 5.61. The summed E-state index contributed by atoms with van der Waals surface area (Å²) in [5, 5.41) is 2.88. The summed E-state index contributed by atoms with van der Waals surface area (Å²) in [5.74, 6) is -0.220. The van der Waals surface area contributed by atoms with Gasteiger partial charge in [0.2, 0.25) is 0 Å². The fraction of sp³-hybridized carbons (Fsp3) is 0.208. The predicted molar refractivity (Wildman–Crippen MR) is 113 cm³/mol. The van der Waals surface area contributed by atoms with Crippen molar-refractivity contribution in [1.29, 1.82) is 0 Å². The van der Waals surface area contributed by atoms with Crippen LogP contribution in [0.1, 0.15) is 51.4 Å². The average Bonchev–Trinajstić information content (AvgIpc) is 2.74. The summed E-state index contributed by atoms with van der Waals surface area (Å²) in [6, 6.07) is 17.0. The van der Waals surface area contributed by atoms with Gasteiger partial charge in [0.1, 0.15) is 6.29 Å². The largest absolute Gasteiger partial charge is 0.348 e. The van der Waals surface area contributed by atoms with Crippen LogP contribution in [0.25, 0.3) is 11.1 Å². The number of nitrogens with zero attached hydrogens (tertiary/aromatic N) is 1. The van der Waals surface area contributed by atoms with Gasteiger partial charge in [0, 0.05) is 29.6 Å². The van der Waals surface area contributed by atoms with E-state index in [1.165, 1.54) is 0 Å². The van der Waals surface area contributed by atoms with E-state index in [2.05, 4.69) is 10.3 Å². The van der Waals surface area contributed by atoms with Crippen LogP contribution in [0.4, 0.5) is 0 Å². The number of rotatable bonds is 5. The van der Waals surface area contributed by atoms with E-state index in [-0.39, 0.29) is 5.91 Å². The van der Waals surface area contributed by atoms with Crippen molar-refractivity contribution in [3.63, 3.8) is 0 Å². The van der Waals surface area contributed by atoms with Crippen LogP contribution < -0.4 is 5.32 Å². The number of carbonyl (C=O) groups is 2.